The van der Waals surface area contributed by atoms with Gasteiger partial charge in [-0.25, -0.2) is 4.98 Å². The first-order valence-corrected chi connectivity index (χ1v) is 11.0. The number of nitrogens with zero attached hydrogens (tertiary/aromatic N) is 3. The Labute approximate surface area is 202 Å². The van der Waals surface area contributed by atoms with Crippen molar-refractivity contribution in [2.75, 3.05) is 17.7 Å². The van der Waals surface area contributed by atoms with Gasteiger partial charge in [-0.3, -0.25) is 5.10 Å². The Kier molecular flexibility index (Phi) is 6.53. The number of aryl methyl sites for hydroxylation is 2. The lowest BCUT2D eigenvalue weighted by Crippen LogP contribution is -2.03. The topological polar surface area (TPSA) is 90.6 Å². The van der Waals surface area contributed by atoms with Crippen molar-refractivity contribution in [3.8, 4) is 11.1 Å². The first-order valence-electron chi connectivity index (χ1n) is 10.2. The van der Waals surface area contributed by atoms with E-state index in [0.29, 0.717) is 33.3 Å². The van der Waals surface area contributed by atoms with Crippen LogP contribution in [0.1, 0.15) is 16.8 Å². The van der Waals surface area contributed by atoms with E-state index >= 15 is 0 Å². The number of hydrogen-bond donors (Lipinski definition) is 4. The quantitative estimate of drug-likeness (QED) is 0.243. The van der Waals surface area contributed by atoms with Gasteiger partial charge < -0.3 is 16.0 Å². The number of aromatic nitrogens is 4. The summed E-state index contributed by atoms with van der Waals surface area (Å²) in [5, 5.41) is 17.3. The van der Waals surface area contributed by atoms with E-state index in [1.54, 1.807) is 0 Å². The number of anilines is 4. The SMILES string of the molecule is C=C(NC)c1ccc(-c2cc(Cl)c(Nc3ncc(Cl)c(Nc4cc(C)[nH]n4)n3)cc2C)cc1. The van der Waals surface area contributed by atoms with Gasteiger partial charge in [0.15, 0.2) is 11.6 Å². The maximum atomic E-state index is 6.61. The van der Waals surface area contributed by atoms with Crippen LogP contribution >= 0.6 is 23.2 Å². The fourth-order valence-corrected chi connectivity index (χ4v) is 3.67. The lowest BCUT2D eigenvalue weighted by molar-refractivity contribution is 1.05. The van der Waals surface area contributed by atoms with Crippen LogP contribution in [0.25, 0.3) is 16.8 Å². The van der Waals surface area contributed by atoms with E-state index in [-0.39, 0.29) is 0 Å². The minimum absolute atomic E-state index is 0.359. The normalized spacial score (nSPS) is 10.7. The number of halogens is 2. The Hall–Kier alpha value is -3.55. The molecule has 0 fully saturated rings. The Balaban J connectivity index is 1.57. The van der Waals surface area contributed by atoms with Crippen LogP contribution < -0.4 is 16.0 Å². The van der Waals surface area contributed by atoms with Crippen LogP contribution in [0.3, 0.4) is 0 Å². The van der Waals surface area contributed by atoms with Gasteiger partial charge in [0.2, 0.25) is 5.95 Å². The molecule has 4 N–H and O–H groups in total. The summed E-state index contributed by atoms with van der Waals surface area (Å²) in [5.74, 6) is 1.41. The van der Waals surface area contributed by atoms with Crippen molar-refractivity contribution in [2.24, 2.45) is 0 Å². The zero-order valence-corrected chi connectivity index (χ0v) is 19.9. The highest BCUT2D eigenvalue weighted by Gasteiger charge is 2.12. The van der Waals surface area contributed by atoms with Gasteiger partial charge in [0, 0.05) is 24.5 Å². The van der Waals surface area contributed by atoms with Crippen LogP contribution in [0.4, 0.5) is 23.3 Å². The molecule has 0 saturated carbocycles. The zero-order chi connectivity index (χ0) is 23.5. The maximum Gasteiger partial charge on any atom is 0.229 e. The molecule has 4 aromatic rings. The summed E-state index contributed by atoms with van der Waals surface area (Å²) in [6.45, 7) is 7.94. The summed E-state index contributed by atoms with van der Waals surface area (Å²) >= 11 is 12.9. The molecule has 33 heavy (non-hydrogen) atoms. The molecule has 2 aromatic carbocycles. The van der Waals surface area contributed by atoms with Gasteiger partial charge >= 0.3 is 0 Å². The Bertz CT molecular complexity index is 1310. The summed E-state index contributed by atoms with van der Waals surface area (Å²) in [4.78, 5) is 8.74. The molecule has 9 heteroatoms. The molecule has 0 spiro atoms. The average molecular weight is 480 g/mol. The van der Waals surface area contributed by atoms with Gasteiger partial charge in [0.05, 0.1) is 16.9 Å². The molecule has 0 aliphatic carbocycles. The van der Waals surface area contributed by atoms with E-state index in [2.05, 4.69) is 54.8 Å². The van der Waals surface area contributed by atoms with E-state index in [4.69, 9.17) is 23.2 Å². The highest BCUT2D eigenvalue weighted by atomic mass is 35.5. The van der Waals surface area contributed by atoms with E-state index in [0.717, 1.165) is 33.6 Å². The largest absolute Gasteiger partial charge is 0.388 e. The van der Waals surface area contributed by atoms with Crippen LogP contribution in [0.5, 0.6) is 0 Å². The van der Waals surface area contributed by atoms with E-state index in [1.165, 1.54) is 6.20 Å². The summed E-state index contributed by atoms with van der Waals surface area (Å²) in [5.41, 5.74) is 6.69. The molecule has 0 aliphatic rings. The first-order chi connectivity index (χ1) is 15.8. The smallest absolute Gasteiger partial charge is 0.229 e. The maximum absolute atomic E-state index is 6.61. The third-order valence-corrected chi connectivity index (χ3v) is 5.69. The lowest BCUT2D eigenvalue weighted by atomic mass is 9.98. The molecule has 0 aliphatic heterocycles. The summed E-state index contributed by atoms with van der Waals surface area (Å²) in [6, 6.07) is 13.9. The fourth-order valence-electron chi connectivity index (χ4n) is 3.32. The minimum Gasteiger partial charge on any atom is -0.388 e. The van der Waals surface area contributed by atoms with Gasteiger partial charge in [-0.15, -0.1) is 0 Å². The molecule has 7 nitrogen and oxygen atoms in total. The van der Waals surface area contributed by atoms with Crippen LogP contribution in [0.15, 0.2) is 55.2 Å². The van der Waals surface area contributed by atoms with Crippen molar-refractivity contribution in [1.82, 2.24) is 25.5 Å². The number of nitrogens with one attached hydrogen (secondary N) is 4. The third kappa shape index (κ3) is 5.10. The number of H-pyrrole nitrogens is 1. The van der Waals surface area contributed by atoms with Gasteiger partial charge in [0.1, 0.15) is 5.02 Å². The predicted octanol–water partition coefficient (Wildman–Crippen LogP) is 6.47. The van der Waals surface area contributed by atoms with Gasteiger partial charge in [0.25, 0.3) is 0 Å². The van der Waals surface area contributed by atoms with Crippen molar-refractivity contribution >= 4 is 52.2 Å². The summed E-state index contributed by atoms with van der Waals surface area (Å²) < 4.78 is 0. The Morgan fingerprint density at radius 1 is 1.00 bits per heavy atom. The number of benzene rings is 2. The highest BCUT2D eigenvalue weighted by molar-refractivity contribution is 6.34. The molecule has 0 atom stereocenters. The lowest BCUT2D eigenvalue weighted by Gasteiger charge is -2.14. The predicted molar refractivity (Wildman–Crippen MR) is 137 cm³/mol. The molecular weight excluding hydrogens is 457 g/mol. The van der Waals surface area contributed by atoms with Crippen LogP contribution in [0.2, 0.25) is 10.0 Å². The molecule has 4 rings (SSSR count). The monoisotopic (exact) mass is 479 g/mol. The molecule has 2 heterocycles. The standard InChI is InChI=1S/C24H23Cl2N7/c1-13-9-21(19(25)11-18(13)17-7-5-16(6-8-17)15(3)27-4)29-24-28-12-20(26)23(31-24)30-22-10-14(2)32-33-22/h5-12,27H,3H2,1-2,4H3,(H3,28,29,30,31,32,33). The summed E-state index contributed by atoms with van der Waals surface area (Å²) in [6.07, 6.45) is 1.52. The van der Waals surface area contributed by atoms with Crippen molar-refractivity contribution in [3.05, 3.63) is 82.1 Å². The van der Waals surface area contributed by atoms with Crippen LogP contribution in [-0.4, -0.2) is 27.2 Å². The number of aromatic amines is 1. The Morgan fingerprint density at radius 2 is 1.76 bits per heavy atom. The fraction of sp³-hybridized carbons (Fsp3) is 0.125. The van der Waals surface area contributed by atoms with Crippen LogP contribution in [-0.2, 0) is 0 Å². The minimum atomic E-state index is 0.359. The molecule has 2 aromatic heterocycles. The second-order valence-corrected chi connectivity index (χ2v) is 8.34. The first kappa shape index (κ1) is 22.6. The van der Waals surface area contributed by atoms with Crippen molar-refractivity contribution in [2.45, 2.75) is 13.8 Å². The van der Waals surface area contributed by atoms with Crippen molar-refractivity contribution in [3.63, 3.8) is 0 Å². The molecular formula is C24H23Cl2N7. The van der Waals surface area contributed by atoms with Gasteiger partial charge in [-0.05, 0) is 48.2 Å². The molecule has 0 bridgehead atoms. The van der Waals surface area contributed by atoms with Crippen molar-refractivity contribution in [1.29, 1.82) is 0 Å². The highest BCUT2D eigenvalue weighted by Crippen LogP contribution is 2.34. The third-order valence-electron chi connectivity index (χ3n) is 5.10. The molecule has 0 radical (unpaired) electrons. The molecule has 168 valence electrons. The van der Waals surface area contributed by atoms with E-state index in [1.807, 2.05) is 51.2 Å². The van der Waals surface area contributed by atoms with Crippen LogP contribution in [0, 0.1) is 13.8 Å². The van der Waals surface area contributed by atoms with Gasteiger partial charge in [-0.2, -0.15) is 10.1 Å². The number of hydrogen-bond acceptors (Lipinski definition) is 6. The van der Waals surface area contributed by atoms with Crippen molar-refractivity contribution < 1.29 is 0 Å². The summed E-state index contributed by atoms with van der Waals surface area (Å²) in [7, 11) is 1.85. The van der Waals surface area contributed by atoms with E-state index in [9.17, 15) is 0 Å². The molecule has 0 amide bonds. The van der Waals surface area contributed by atoms with Gasteiger partial charge in [-0.1, -0.05) is 54.0 Å². The molecule has 0 saturated heterocycles. The molecule has 0 unspecified atom stereocenters. The second kappa shape index (κ2) is 9.52. The average Bonchev–Trinajstić information content (AvgIpc) is 3.22. The second-order valence-electron chi connectivity index (χ2n) is 7.53. The zero-order valence-electron chi connectivity index (χ0n) is 18.4. The Morgan fingerprint density at radius 3 is 2.42 bits per heavy atom. The van der Waals surface area contributed by atoms with E-state index < -0.39 is 0 Å². The number of rotatable bonds is 7.